The Morgan fingerprint density at radius 1 is 1.11 bits per heavy atom. The molecule has 0 spiro atoms. The van der Waals surface area contributed by atoms with Crippen LogP contribution in [0.4, 0.5) is 0 Å². The fourth-order valence-electron chi connectivity index (χ4n) is 4.15. The van der Waals surface area contributed by atoms with Crippen LogP contribution < -0.4 is 0 Å². The molecule has 0 bridgehead atoms. The summed E-state index contributed by atoms with van der Waals surface area (Å²) in [6.07, 6.45) is 12.4. The molecular weight excluding hydrogens is 222 g/mol. The van der Waals surface area contributed by atoms with Gasteiger partial charge < -0.3 is 5.11 Å². The molecule has 4 unspecified atom stereocenters. The van der Waals surface area contributed by atoms with Crippen LogP contribution in [-0.2, 0) is 6.42 Å². The van der Waals surface area contributed by atoms with E-state index in [2.05, 4.69) is 17.1 Å². The van der Waals surface area contributed by atoms with Gasteiger partial charge in [0.15, 0.2) is 0 Å². The molecule has 0 aliphatic heterocycles. The molecule has 0 aromatic carbocycles. The highest BCUT2D eigenvalue weighted by Crippen LogP contribution is 2.44. The molecule has 2 heteroatoms. The third kappa shape index (κ3) is 2.59. The molecule has 2 aliphatic carbocycles. The maximum atomic E-state index is 9.82. The van der Waals surface area contributed by atoms with Gasteiger partial charge in [-0.1, -0.05) is 12.8 Å². The number of hydrogen-bond acceptors (Lipinski definition) is 2. The van der Waals surface area contributed by atoms with Crippen molar-refractivity contribution < 1.29 is 5.11 Å². The van der Waals surface area contributed by atoms with Crippen LogP contribution in [0.2, 0.25) is 0 Å². The number of rotatable bonds is 2. The van der Waals surface area contributed by atoms with Gasteiger partial charge in [0.1, 0.15) is 0 Å². The van der Waals surface area contributed by atoms with E-state index in [4.69, 9.17) is 0 Å². The molecule has 1 aromatic rings. The predicted octanol–water partition coefficient (Wildman–Crippen LogP) is 3.20. The van der Waals surface area contributed by atoms with Crippen molar-refractivity contribution in [3.05, 3.63) is 30.1 Å². The summed E-state index contributed by atoms with van der Waals surface area (Å²) in [5.41, 5.74) is 1.43. The van der Waals surface area contributed by atoms with Crippen molar-refractivity contribution in [2.24, 2.45) is 17.8 Å². The Morgan fingerprint density at radius 2 is 1.94 bits per heavy atom. The van der Waals surface area contributed by atoms with Gasteiger partial charge in [-0.25, -0.2) is 0 Å². The Kier molecular flexibility index (Phi) is 3.64. The van der Waals surface area contributed by atoms with Gasteiger partial charge in [-0.05, 0) is 67.6 Å². The van der Waals surface area contributed by atoms with Crippen LogP contribution >= 0.6 is 0 Å². The average Bonchev–Trinajstić information content (AvgIpc) is 2.40. The minimum Gasteiger partial charge on any atom is -0.393 e. The molecule has 0 saturated heterocycles. The summed E-state index contributed by atoms with van der Waals surface area (Å²) in [5, 5.41) is 9.82. The lowest BCUT2D eigenvalue weighted by Crippen LogP contribution is -2.36. The number of nitrogens with zero attached hydrogens (tertiary/aromatic N) is 1. The van der Waals surface area contributed by atoms with Gasteiger partial charge in [0.05, 0.1) is 6.10 Å². The Morgan fingerprint density at radius 3 is 2.78 bits per heavy atom. The number of pyridine rings is 1. The first-order valence-electron chi connectivity index (χ1n) is 7.40. The molecule has 3 rings (SSSR count). The van der Waals surface area contributed by atoms with Gasteiger partial charge >= 0.3 is 0 Å². The van der Waals surface area contributed by atoms with Gasteiger partial charge in [0.2, 0.25) is 0 Å². The van der Waals surface area contributed by atoms with E-state index in [9.17, 15) is 5.11 Å². The van der Waals surface area contributed by atoms with E-state index in [0.29, 0.717) is 0 Å². The summed E-state index contributed by atoms with van der Waals surface area (Å²) in [4.78, 5) is 4.10. The lowest BCUT2D eigenvalue weighted by molar-refractivity contribution is 0.0215. The molecule has 1 heterocycles. The lowest BCUT2D eigenvalue weighted by atomic mass is 9.63. The number of aromatic nitrogens is 1. The van der Waals surface area contributed by atoms with E-state index in [-0.39, 0.29) is 6.10 Å². The zero-order valence-corrected chi connectivity index (χ0v) is 11.0. The van der Waals surface area contributed by atoms with Crippen LogP contribution in [0, 0.1) is 17.8 Å². The summed E-state index contributed by atoms with van der Waals surface area (Å²) in [6, 6.07) is 4.31. The maximum absolute atomic E-state index is 9.82. The largest absolute Gasteiger partial charge is 0.393 e. The predicted molar refractivity (Wildman–Crippen MR) is 72.1 cm³/mol. The van der Waals surface area contributed by atoms with Crippen molar-refractivity contribution in [1.29, 1.82) is 0 Å². The molecule has 2 nitrogen and oxygen atoms in total. The van der Waals surface area contributed by atoms with Crippen LogP contribution in [0.25, 0.3) is 0 Å². The number of fused-ring (bicyclic) bond motifs is 1. The van der Waals surface area contributed by atoms with Crippen LogP contribution in [0.5, 0.6) is 0 Å². The summed E-state index contributed by atoms with van der Waals surface area (Å²) in [5.74, 6) is 2.48. The van der Waals surface area contributed by atoms with Crippen LogP contribution in [-0.4, -0.2) is 16.2 Å². The van der Waals surface area contributed by atoms with Crippen LogP contribution in [0.15, 0.2) is 24.5 Å². The van der Waals surface area contributed by atoms with E-state index in [1.807, 2.05) is 12.4 Å². The third-order valence-electron chi connectivity index (χ3n) is 5.02. The molecule has 1 aromatic heterocycles. The summed E-state index contributed by atoms with van der Waals surface area (Å²) in [7, 11) is 0. The van der Waals surface area contributed by atoms with Gasteiger partial charge in [0, 0.05) is 12.4 Å². The molecule has 0 radical (unpaired) electrons. The Hall–Kier alpha value is -0.890. The van der Waals surface area contributed by atoms with Crippen molar-refractivity contribution in [1.82, 2.24) is 4.98 Å². The van der Waals surface area contributed by atoms with E-state index < -0.39 is 0 Å². The van der Waals surface area contributed by atoms with Gasteiger partial charge in [0.25, 0.3) is 0 Å². The van der Waals surface area contributed by atoms with Crippen LogP contribution in [0.3, 0.4) is 0 Å². The number of hydrogen-bond donors (Lipinski definition) is 1. The quantitative estimate of drug-likeness (QED) is 0.868. The summed E-state index contributed by atoms with van der Waals surface area (Å²) >= 11 is 0. The Bertz CT molecular complexity index is 378. The van der Waals surface area contributed by atoms with E-state index >= 15 is 0 Å². The monoisotopic (exact) mass is 245 g/mol. The zero-order chi connectivity index (χ0) is 12.4. The number of aliphatic hydroxyl groups excluding tert-OH is 1. The van der Waals surface area contributed by atoms with E-state index in [1.54, 1.807) is 0 Å². The molecule has 18 heavy (non-hydrogen) atoms. The molecule has 4 atom stereocenters. The maximum Gasteiger partial charge on any atom is 0.0543 e. The van der Waals surface area contributed by atoms with Gasteiger partial charge in [-0.15, -0.1) is 0 Å². The topological polar surface area (TPSA) is 33.1 Å². The van der Waals surface area contributed by atoms with Crippen molar-refractivity contribution >= 4 is 0 Å². The minimum atomic E-state index is -0.0223. The normalized spacial score (nSPS) is 36.1. The molecule has 2 saturated carbocycles. The average molecular weight is 245 g/mol. The van der Waals surface area contributed by atoms with Crippen LogP contribution in [0.1, 0.15) is 44.1 Å². The van der Waals surface area contributed by atoms with Gasteiger partial charge in [-0.2, -0.15) is 0 Å². The second kappa shape index (κ2) is 5.40. The van der Waals surface area contributed by atoms with Gasteiger partial charge in [-0.3, -0.25) is 4.98 Å². The fourth-order valence-corrected chi connectivity index (χ4v) is 4.15. The fraction of sp³-hybridized carbons (Fsp3) is 0.688. The highest BCUT2D eigenvalue weighted by atomic mass is 16.3. The third-order valence-corrected chi connectivity index (χ3v) is 5.02. The minimum absolute atomic E-state index is 0.0223. The SMILES string of the molecule is OC1CCC2C(Cc3ccncc3)CCCC2C1. The molecule has 2 aliphatic rings. The first kappa shape index (κ1) is 12.2. The Balaban J connectivity index is 1.68. The second-order valence-electron chi connectivity index (χ2n) is 6.14. The highest BCUT2D eigenvalue weighted by Gasteiger charge is 2.37. The molecule has 1 N–H and O–H groups in total. The highest BCUT2D eigenvalue weighted by molar-refractivity contribution is 5.11. The molecule has 2 fully saturated rings. The van der Waals surface area contributed by atoms with E-state index in [0.717, 1.165) is 30.6 Å². The summed E-state index contributed by atoms with van der Waals surface area (Å²) in [6.45, 7) is 0. The first-order chi connectivity index (χ1) is 8.83. The first-order valence-corrected chi connectivity index (χ1v) is 7.40. The smallest absolute Gasteiger partial charge is 0.0543 e. The lowest BCUT2D eigenvalue weighted by Gasteiger charge is -2.43. The standard InChI is InChI=1S/C16H23NO/c18-15-4-5-16-13(2-1-3-14(16)11-15)10-12-6-8-17-9-7-12/h6-9,13-16,18H,1-5,10-11H2. The number of aliphatic hydroxyl groups is 1. The summed E-state index contributed by atoms with van der Waals surface area (Å²) < 4.78 is 0. The van der Waals surface area contributed by atoms with E-state index in [1.165, 1.54) is 37.7 Å². The molecule has 0 amide bonds. The van der Waals surface area contributed by atoms with Crippen molar-refractivity contribution in [2.45, 2.75) is 51.0 Å². The molecule has 98 valence electrons. The zero-order valence-electron chi connectivity index (χ0n) is 11.0. The van der Waals surface area contributed by atoms with Crippen molar-refractivity contribution in [3.8, 4) is 0 Å². The second-order valence-corrected chi connectivity index (χ2v) is 6.14. The van der Waals surface area contributed by atoms with Crippen molar-refractivity contribution in [2.75, 3.05) is 0 Å². The van der Waals surface area contributed by atoms with Crippen molar-refractivity contribution in [3.63, 3.8) is 0 Å². The molecular formula is C16H23NO. The Labute approximate surface area is 109 Å².